The van der Waals surface area contributed by atoms with E-state index in [1.807, 2.05) is 0 Å². The van der Waals surface area contributed by atoms with Crippen LogP contribution >= 0.6 is 22.6 Å². The summed E-state index contributed by atoms with van der Waals surface area (Å²) < 4.78 is 1.35. The number of nitrogens with zero attached hydrogens (tertiary/aromatic N) is 1. The fraction of sp³-hybridized carbons (Fsp3) is 0.571. The van der Waals surface area contributed by atoms with Gasteiger partial charge in [0.05, 0.1) is 5.69 Å². The summed E-state index contributed by atoms with van der Waals surface area (Å²) in [5.41, 5.74) is 1.38. The number of halogens is 1. The van der Waals surface area contributed by atoms with Gasteiger partial charge in [-0.1, -0.05) is 26.0 Å². The lowest BCUT2D eigenvalue weighted by Crippen LogP contribution is -2.57. The Balaban J connectivity index is 2.21. The largest absolute Gasteiger partial charge is 0.365 e. The van der Waals surface area contributed by atoms with Crippen molar-refractivity contribution in [2.24, 2.45) is 5.92 Å². The second-order valence-corrected chi connectivity index (χ2v) is 6.37. The fourth-order valence-electron chi connectivity index (χ4n) is 2.36. The van der Waals surface area contributed by atoms with Gasteiger partial charge < -0.3 is 10.2 Å². The maximum Gasteiger partial charge on any atom is 0.0505 e. The zero-order valence-corrected chi connectivity index (χ0v) is 12.9. The highest BCUT2D eigenvalue weighted by molar-refractivity contribution is 14.1. The van der Waals surface area contributed by atoms with Crippen molar-refractivity contribution in [1.82, 2.24) is 5.32 Å². The predicted octanol–water partition coefficient (Wildman–Crippen LogP) is 3.11. The minimum absolute atomic E-state index is 0.570. The molecule has 1 heterocycles. The molecular weight excluding hydrogens is 323 g/mol. The van der Waals surface area contributed by atoms with Gasteiger partial charge in [0.15, 0.2) is 0 Å². The molecule has 0 radical (unpaired) electrons. The van der Waals surface area contributed by atoms with Crippen molar-refractivity contribution in [1.29, 1.82) is 0 Å². The van der Waals surface area contributed by atoms with E-state index in [0.29, 0.717) is 18.0 Å². The second kappa shape index (κ2) is 5.57. The lowest BCUT2D eigenvalue weighted by Gasteiger charge is -2.42. The number of hydrogen-bond acceptors (Lipinski definition) is 2. The van der Waals surface area contributed by atoms with Gasteiger partial charge in [0.1, 0.15) is 0 Å². The van der Waals surface area contributed by atoms with E-state index in [-0.39, 0.29) is 0 Å². The summed E-state index contributed by atoms with van der Waals surface area (Å²) in [6.45, 7) is 9.07. The number of piperazine rings is 1. The summed E-state index contributed by atoms with van der Waals surface area (Å²) in [6, 6.07) is 9.84. The SMILES string of the molecule is CC(C)C1CN(c2ccccc2I)C(C)CN1. The van der Waals surface area contributed by atoms with Crippen LogP contribution in [-0.2, 0) is 0 Å². The van der Waals surface area contributed by atoms with Crippen molar-refractivity contribution in [2.45, 2.75) is 32.9 Å². The normalized spacial score (nSPS) is 25.4. The van der Waals surface area contributed by atoms with Crippen LogP contribution < -0.4 is 10.2 Å². The van der Waals surface area contributed by atoms with Gasteiger partial charge in [-0.15, -0.1) is 0 Å². The van der Waals surface area contributed by atoms with Crippen molar-refractivity contribution in [3.63, 3.8) is 0 Å². The quantitative estimate of drug-likeness (QED) is 0.830. The molecule has 1 saturated heterocycles. The van der Waals surface area contributed by atoms with E-state index in [9.17, 15) is 0 Å². The Kier molecular flexibility index (Phi) is 4.31. The zero-order valence-electron chi connectivity index (χ0n) is 10.8. The first-order valence-electron chi connectivity index (χ1n) is 6.34. The van der Waals surface area contributed by atoms with Crippen molar-refractivity contribution in [2.75, 3.05) is 18.0 Å². The molecule has 1 fully saturated rings. The molecule has 1 aromatic rings. The van der Waals surface area contributed by atoms with E-state index in [1.54, 1.807) is 0 Å². The Bertz CT molecular complexity index is 378. The molecule has 17 heavy (non-hydrogen) atoms. The molecule has 1 aliphatic rings. The third-order valence-corrected chi connectivity index (χ3v) is 4.48. The molecular formula is C14H21IN2. The van der Waals surface area contributed by atoms with Gasteiger partial charge in [0.2, 0.25) is 0 Å². The number of rotatable bonds is 2. The van der Waals surface area contributed by atoms with Crippen LogP contribution in [0.4, 0.5) is 5.69 Å². The van der Waals surface area contributed by atoms with E-state index < -0.39 is 0 Å². The van der Waals surface area contributed by atoms with Crippen LogP contribution in [0.25, 0.3) is 0 Å². The molecule has 2 nitrogen and oxygen atoms in total. The molecule has 3 heteroatoms. The molecule has 1 aliphatic heterocycles. The van der Waals surface area contributed by atoms with E-state index >= 15 is 0 Å². The first kappa shape index (κ1) is 13.1. The Morgan fingerprint density at radius 1 is 1.35 bits per heavy atom. The lowest BCUT2D eigenvalue weighted by atomic mass is 9.99. The van der Waals surface area contributed by atoms with Gasteiger partial charge in [0.25, 0.3) is 0 Å². The van der Waals surface area contributed by atoms with Gasteiger partial charge in [-0.2, -0.15) is 0 Å². The molecule has 1 aromatic carbocycles. The Hall–Kier alpha value is -0.290. The molecule has 1 N–H and O–H groups in total. The van der Waals surface area contributed by atoms with Crippen molar-refractivity contribution in [3.8, 4) is 0 Å². The fourth-order valence-corrected chi connectivity index (χ4v) is 3.05. The summed E-state index contributed by atoms with van der Waals surface area (Å²) in [4.78, 5) is 2.54. The summed E-state index contributed by atoms with van der Waals surface area (Å²) in [6.07, 6.45) is 0. The van der Waals surface area contributed by atoms with Gasteiger partial charge in [-0.3, -0.25) is 0 Å². The van der Waals surface area contributed by atoms with Crippen LogP contribution in [0, 0.1) is 9.49 Å². The maximum absolute atomic E-state index is 3.64. The third-order valence-electron chi connectivity index (χ3n) is 3.57. The average Bonchev–Trinajstić information content (AvgIpc) is 2.30. The van der Waals surface area contributed by atoms with Crippen LogP contribution in [0.3, 0.4) is 0 Å². The number of anilines is 1. The summed E-state index contributed by atoms with van der Waals surface area (Å²) >= 11 is 2.44. The lowest BCUT2D eigenvalue weighted by molar-refractivity contribution is 0.336. The summed E-state index contributed by atoms with van der Waals surface area (Å²) in [7, 11) is 0. The van der Waals surface area contributed by atoms with Crippen LogP contribution in [0.1, 0.15) is 20.8 Å². The molecule has 2 atom stereocenters. The molecule has 0 saturated carbocycles. The van der Waals surface area contributed by atoms with Gasteiger partial charge in [0, 0.05) is 28.7 Å². The van der Waals surface area contributed by atoms with E-state index in [2.05, 4.69) is 77.8 Å². The maximum atomic E-state index is 3.64. The average molecular weight is 344 g/mol. The predicted molar refractivity (Wildman–Crippen MR) is 82.6 cm³/mol. The van der Waals surface area contributed by atoms with Crippen LogP contribution in [-0.4, -0.2) is 25.2 Å². The standard InChI is InChI=1S/C14H21IN2/c1-10(2)13-9-17(11(3)8-16-13)14-7-5-4-6-12(14)15/h4-7,10-11,13,16H,8-9H2,1-3H3. The molecule has 0 amide bonds. The molecule has 0 bridgehead atoms. The first-order valence-corrected chi connectivity index (χ1v) is 7.42. The topological polar surface area (TPSA) is 15.3 Å². The third kappa shape index (κ3) is 2.94. The monoisotopic (exact) mass is 344 g/mol. The minimum Gasteiger partial charge on any atom is -0.365 e. The molecule has 0 spiro atoms. The van der Waals surface area contributed by atoms with Crippen LogP contribution in [0.15, 0.2) is 24.3 Å². The van der Waals surface area contributed by atoms with Gasteiger partial charge >= 0.3 is 0 Å². The van der Waals surface area contributed by atoms with E-state index in [4.69, 9.17) is 0 Å². The number of benzene rings is 1. The smallest absolute Gasteiger partial charge is 0.0505 e. The van der Waals surface area contributed by atoms with Gasteiger partial charge in [-0.25, -0.2) is 0 Å². The van der Waals surface area contributed by atoms with Crippen molar-refractivity contribution < 1.29 is 0 Å². The Morgan fingerprint density at radius 3 is 2.71 bits per heavy atom. The molecule has 94 valence electrons. The molecule has 2 rings (SSSR count). The molecule has 2 unspecified atom stereocenters. The highest BCUT2D eigenvalue weighted by Crippen LogP contribution is 2.26. The van der Waals surface area contributed by atoms with Crippen LogP contribution in [0.5, 0.6) is 0 Å². The van der Waals surface area contributed by atoms with Crippen molar-refractivity contribution >= 4 is 28.3 Å². The minimum atomic E-state index is 0.570. The van der Waals surface area contributed by atoms with E-state index in [1.165, 1.54) is 9.26 Å². The van der Waals surface area contributed by atoms with Crippen molar-refractivity contribution in [3.05, 3.63) is 27.8 Å². The first-order chi connectivity index (χ1) is 8.09. The summed E-state index contributed by atoms with van der Waals surface area (Å²) in [5.74, 6) is 0.686. The number of nitrogens with one attached hydrogen (secondary N) is 1. The number of hydrogen-bond donors (Lipinski definition) is 1. The van der Waals surface area contributed by atoms with Gasteiger partial charge in [-0.05, 0) is 47.6 Å². The highest BCUT2D eigenvalue weighted by Gasteiger charge is 2.27. The molecule has 0 aliphatic carbocycles. The Morgan fingerprint density at radius 2 is 2.06 bits per heavy atom. The highest BCUT2D eigenvalue weighted by atomic mass is 127. The second-order valence-electron chi connectivity index (χ2n) is 5.21. The molecule has 0 aromatic heterocycles. The Labute approximate surface area is 118 Å². The van der Waals surface area contributed by atoms with Crippen LogP contribution in [0.2, 0.25) is 0 Å². The zero-order chi connectivity index (χ0) is 12.4. The summed E-state index contributed by atoms with van der Waals surface area (Å²) in [5, 5.41) is 3.64. The number of para-hydroxylation sites is 1. The van der Waals surface area contributed by atoms with E-state index in [0.717, 1.165) is 13.1 Å².